The van der Waals surface area contributed by atoms with E-state index in [0.717, 1.165) is 0 Å². The summed E-state index contributed by atoms with van der Waals surface area (Å²) in [6.07, 6.45) is -4.38. The van der Waals surface area contributed by atoms with Crippen LogP contribution in [0.25, 0.3) is 0 Å². The molecule has 1 unspecified atom stereocenters. The maximum absolute atomic E-state index is 12.9. The van der Waals surface area contributed by atoms with Crippen LogP contribution >= 0.6 is 0 Å². The van der Waals surface area contributed by atoms with Gasteiger partial charge in [-0.3, -0.25) is 0 Å². The predicted molar refractivity (Wildman–Crippen MR) is 70.0 cm³/mol. The summed E-state index contributed by atoms with van der Waals surface area (Å²) < 4.78 is 41.3. The summed E-state index contributed by atoms with van der Waals surface area (Å²) in [6.45, 7) is -1.49. The van der Waals surface area contributed by atoms with Crippen molar-refractivity contribution in [2.24, 2.45) is 0 Å². The second kappa shape index (κ2) is 8.88. The Labute approximate surface area is 124 Å². The van der Waals surface area contributed by atoms with E-state index in [1.807, 2.05) is 0 Å². The number of carbonyl (C=O) groups excluding carboxylic acids is 1. The number of amides is 2. The van der Waals surface area contributed by atoms with Gasteiger partial charge in [-0.1, -0.05) is 12.1 Å². The van der Waals surface area contributed by atoms with E-state index in [-0.39, 0.29) is 6.54 Å². The Balaban J connectivity index is 2.35. The highest BCUT2D eigenvalue weighted by Crippen LogP contribution is 2.02. The van der Waals surface area contributed by atoms with Crippen LogP contribution in [0.1, 0.15) is 5.56 Å². The third-order valence-electron chi connectivity index (χ3n) is 2.49. The van der Waals surface area contributed by atoms with Gasteiger partial charge in [-0.25, -0.2) is 22.8 Å². The number of carbonyl (C=O) groups is 2. The molecule has 0 radical (unpaired) electrons. The van der Waals surface area contributed by atoms with E-state index in [0.29, 0.717) is 5.56 Å². The first-order valence-electron chi connectivity index (χ1n) is 6.27. The number of aliphatic carboxylic acids is 1. The SMILES string of the molecule is O=C(NCc1cccc(F)c1)NCC(OCC(F)F)C(=O)O. The molecular weight excluding hydrogens is 305 g/mol. The lowest BCUT2D eigenvalue weighted by Gasteiger charge is -2.14. The van der Waals surface area contributed by atoms with Crippen LogP contribution in [0.15, 0.2) is 24.3 Å². The Hall–Kier alpha value is -2.29. The van der Waals surface area contributed by atoms with Crippen molar-refractivity contribution in [3.8, 4) is 0 Å². The van der Waals surface area contributed by atoms with Crippen LogP contribution < -0.4 is 10.6 Å². The third-order valence-corrected chi connectivity index (χ3v) is 2.49. The topological polar surface area (TPSA) is 87.7 Å². The largest absolute Gasteiger partial charge is 0.479 e. The van der Waals surface area contributed by atoms with Crippen LogP contribution in [0.2, 0.25) is 0 Å². The van der Waals surface area contributed by atoms with Crippen LogP contribution in [-0.2, 0) is 16.1 Å². The zero-order valence-corrected chi connectivity index (χ0v) is 11.4. The monoisotopic (exact) mass is 320 g/mol. The molecule has 0 bridgehead atoms. The Morgan fingerprint density at radius 2 is 2.00 bits per heavy atom. The first kappa shape index (κ1) is 17.8. The number of carboxylic acid groups (broad SMARTS) is 1. The highest BCUT2D eigenvalue weighted by atomic mass is 19.3. The lowest BCUT2D eigenvalue weighted by molar-refractivity contribution is -0.152. The van der Waals surface area contributed by atoms with E-state index in [1.54, 1.807) is 6.07 Å². The summed E-state index contributed by atoms with van der Waals surface area (Å²) in [6, 6.07) is 4.82. The maximum Gasteiger partial charge on any atom is 0.334 e. The summed E-state index contributed by atoms with van der Waals surface area (Å²) in [7, 11) is 0. The standard InChI is InChI=1S/C13H15F3N2O4/c14-9-3-1-2-8(4-9)5-17-13(21)18-6-10(12(19)20)22-7-11(15)16/h1-4,10-11H,5-7H2,(H,19,20)(H2,17,18,21). The zero-order chi connectivity index (χ0) is 16.5. The van der Waals surface area contributed by atoms with E-state index in [9.17, 15) is 22.8 Å². The van der Waals surface area contributed by atoms with Crippen LogP contribution in [0.3, 0.4) is 0 Å². The molecule has 9 heteroatoms. The second-order valence-corrected chi connectivity index (χ2v) is 4.24. The average molecular weight is 320 g/mol. The van der Waals surface area contributed by atoms with Crippen molar-refractivity contribution in [3.05, 3.63) is 35.6 Å². The molecule has 122 valence electrons. The third kappa shape index (κ3) is 6.93. The van der Waals surface area contributed by atoms with Gasteiger partial charge in [0.1, 0.15) is 12.4 Å². The van der Waals surface area contributed by atoms with Crippen molar-refractivity contribution < 1.29 is 32.6 Å². The highest BCUT2D eigenvalue weighted by Gasteiger charge is 2.20. The molecule has 6 nitrogen and oxygen atoms in total. The highest BCUT2D eigenvalue weighted by molar-refractivity contribution is 5.76. The summed E-state index contributed by atoms with van der Waals surface area (Å²) >= 11 is 0. The molecular formula is C13H15F3N2O4. The number of alkyl halides is 2. The van der Waals surface area contributed by atoms with Gasteiger partial charge in [-0.05, 0) is 17.7 Å². The molecule has 1 aromatic rings. The van der Waals surface area contributed by atoms with Crippen molar-refractivity contribution in [2.45, 2.75) is 19.1 Å². The zero-order valence-electron chi connectivity index (χ0n) is 11.4. The number of ether oxygens (including phenoxy) is 1. The summed E-state index contributed by atoms with van der Waals surface area (Å²) in [5.41, 5.74) is 0.513. The van der Waals surface area contributed by atoms with E-state index in [2.05, 4.69) is 15.4 Å². The van der Waals surface area contributed by atoms with Gasteiger partial charge in [0.2, 0.25) is 0 Å². The maximum atomic E-state index is 12.9. The molecule has 0 fully saturated rings. The first-order chi connectivity index (χ1) is 10.4. The first-order valence-corrected chi connectivity index (χ1v) is 6.27. The predicted octanol–water partition coefficient (Wildman–Crippen LogP) is 1.36. The lowest BCUT2D eigenvalue weighted by Crippen LogP contribution is -2.43. The summed E-state index contributed by atoms with van der Waals surface area (Å²) in [5, 5.41) is 13.3. The molecule has 0 saturated carbocycles. The van der Waals surface area contributed by atoms with Crippen molar-refractivity contribution in [2.75, 3.05) is 13.2 Å². The number of hydrogen-bond donors (Lipinski definition) is 3. The van der Waals surface area contributed by atoms with E-state index >= 15 is 0 Å². The van der Waals surface area contributed by atoms with Gasteiger partial charge < -0.3 is 20.5 Å². The van der Waals surface area contributed by atoms with Crippen molar-refractivity contribution >= 4 is 12.0 Å². The molecule has 0 aliphatic rings. The van der Waals surface area contributed by atoms with Gasteiger partial charge in [0.05, 0.1) is 6.54 Å². The van der Waals surface area contributed by atoms with Crippen molar-refractivity contribution in [1.29, 1.82) is 0 Å². The number of hydrogen-bond acceptors (Lipinski definition) is 3. The molecule has 1 rings (SSSR count). The van der Waals surface area contributed by atoms with Crippen LogP contribution in [0.5, 0.6) is 0 Å². The number of carboxylic acids is 1. The fraction of sp³-hybridized carbons (Fsp3) is 0.385. The number of nitrogens with one attached hydrogen (secondary N) is 2. The molecule has 1 aromatic carbocycles. The smallest absolute Gasteiger partial charge is 0.334 e. The molecule has 0 aliphatic carbocycles. The molecule has 0 heterocycles. The quantitative estimate of drug-likeness (QED) is 0.675. The van der Waals surface area contributed by atoms with Gasteiger partial charge in [0.25, 0.3) is 6.43 Å². The Morgan fingerprint density at radius 3 is 2.59 bits per heavy atom. The number of halogens is 3. The minimum Gasteiger partial charge on any atom is -0.479 e. The second-order valence-electron chi connectivity index (χ2n) is 4.24. The molecule has 0 saturated heterocycles. The summed E-state index contributed by atoms with van der Waals surface area (Å²) in [4.78, 5) is 22.2. The molecule has 0 spiro atoms. The van der Waals surface area contributed by atoms with E-state index in [4.69, 9.17) is 5.11 Å². The minimum absolute atomic E-state index is 0.0270. The molecule has 1 atom stereocenters. The molecule has 3 N–H and O–H groups in total. The van der Waals surface area contributed by atoms with Gasteiger partial charge in [0.15, 0.2) is 6.10 Å². The van der Waals surface area contributed by atoms with Crippen molar-refractivity contribution in [1.82, 2.24) is 10.6 Å². The lowest BCUT2D eigenvalue weighted by atomic mass is 10.2. The Morgan fingerprint density at radius 1 is 1.27 bits per heavy atom. The van der Waals surface area contributed by atoms with Crippen LogP contribution in [-0.4, -0.2) is 42.8 Å². The number of benzene rings is 1. The van der Waals surface area contributed by atoms with E-state index in [1.165, 1.54) is 18.2 Å². The minimum atomic E-state index is -2.80. The molecule has 22 heavy (non-hydrogen) atoms. The fourth-order valence-electron chi connectivity index (χ4n) is 1.48. The fourth-order valence-corrected chi connectivity index (χ4v) is 1.48. The van der Waals surface area contributed by atoms with Gasteiger partial charge in [-0.2, -0.15) is 0 Å². The van der Waals surface area contributed by atoms with Gasteiger partial charge in [0, 0.05) is 6.54 Å². The Bertz CT molecular complexity index is 514. The van der Waals surface area contributed by atoms with Gasteiger partial charge >= 0.3 is 12.0 Å². The number of rotatable bonds is 8. The number of urea groups is 1. The molecule has 0 aliphatic heterocycles. The van der Waals surface area contributed by atoms with E-state index < -0.39 is 43.5 Å². The van der Waals surface area contributed by atoms with Crippen LogP contribution in [0, 0.1) is 5.82 Å². The van der Waals surface area contributed by atoms with Crippen LogP contribution in [0.4, 0.5) is 18.0 Å². The normalized spacial score (nSPS) is 12.0. The van der Waals surface area contributed by atoms with Gasteiger partial charge in [-0.15, -0.1) is 0 Å². The Kier molecular flexibility index (Phi) is 7.17. The summed E-state index contributed by atoms with van der Waals surface area (Å²) in [5.74, 6) is -1.92. The van der Waals surface area contributed by atoms with Crippen molar-refractivity contribution in [3.63, 3.8) is 0 Å². The average Bonchev–Trinajstić information content (AvgIpc) is 2.44. The molecule has 2 amide bonds. The molecule has 0 aromatic heterocycles.